The van der Waals surface area contributed by atoms with Gasteiger partial charge >= 0.3 is 0 Å². The summed E-state index contributed by atoms with van der Waals surface area (Å²) in [5.41, 5.74) is 5.88. The molecule has 0 radical (unpaired) electrons. The van der Waals surface area contributed by atoms with E-state index in [1.165, 1.54) is 12.4 Å². The summed E-state index contributed by atoms with van der Waals surface area (Å²) < 4.78 is 15.6. The number of nitrogens with zero attached hydrogens (tertiary/aromatic N) is 2. The molecule has 1 heterocycles. The molecule has 100 valence electrons. The van der Waals surface area contributed by atoms with Gasteiger partial charge in [-0.1, -0.05) is 12.2 Å². The van der Waals surface area contributed by atoms with E-state index in [-0.39, 0.29) is 4.99 Å². The van der Waals surface area contributed by atoms with Crippen LogP contribution >= 0.6 is 12.2 Å². The van der Waals surface area contributed by atoms with Crippen LogP contribution in [0.5, 0.6) is 5.88 Å². The van der Waals surface area contributed by atoms with Crippen molar-refractivity contribution in [1.82, 2.24) is 9.97 Å². The van der Waals surface area contributed by atoms with E-state index in [0.29, 0.717) is 38.0 Å². The molecule has 1 aromatic rings. The molecule has 0 aliphatic rings. The minimum atomic E-state index is 0.218. The summed E-state index contributed by atoms with van der Waals surface area (Å²) in [5.74, 6) is 0.426. The summed E-state index contributed by atoms with van der Waals surface area (Å²) in [6, 6.07) is 0. The van der Waals surface area contributed by atoms with E-state index < -0.39 is 0 Å². The topological polar surface area (TPSA) is 79.5 Å². The maximum Gasteiger partial charge on any atom is 0.232 e. The van der Waals surface area contributed by atoms with E-state index >= 15 is 0 Å². The summed E-state index contributed by atoms with van der Waals surface area (Å²) in [5, 5.41) is 0. The zero-order valence-corrected chi connectivity index (χ0v) is 11.1. The molecule has 0 unspecified atom stereocenters. The van der Waals surface area contributed by atoms with Crippen LogP contribution in [0.4, 0.5) is 0 Å². The standard InChI is InChI=1S/C11H17N3O3S/c1-15-3-2-4-16-5-6-17-10-8-13-9(7-14-10)11(12)18/h7-8H,2-6H2,1H3,(H2,12,18). The Kier molecular flexibility index (Phi) is 7.16. The molecule has 0 amide bonds. The molecule has 0 saturated heterocycles. The highest BCUT2D eigenvalue weighted by atomic mass is 32.1. The molecule has 6 nitrogen and oxygen atoms in total. The average molecular weight is 271 g/mol. The first-order valence-electron chi connectivity index (χ1n) is 5.55. The first-order chi connectivity index (χ1) is 8.74. The number of hydrogen-bond acceptors (Lipinski definition) is 6. The number of hydrogen-bond donors (Lipinski definition) is 1. The second kappa shape index (κ2) is 8.73. The first-order valence-corrected chi connectivity index (χ1v) is 5.96. The van der Waals surface area contributed by atoms with Gasteiger partial charge in [0.2, 0.25) is 5.88 Å². The van der Waals surface area contributed by atoms with Crippen LogP contribution in [0.3, 0.4) is 0 Å². The zero-order valence-electron chi connectivity index (χ0n) is 10.3. The number of aromatic nitrogens is 2. The molecule has 0 aliphatic carbocycles. The average Bonchev–Trinajstić information content (AvgIpc) is 2.38. The van der Waals surface area contributed by atoms with Gasteiger partial charge in [0.15, 0.2) is 0 Å². The number of ether oxygens (including phenoxy) is 3. The van der Waals surface area contributed by atoms with Gasteiger partial charge in [-0.25, -0.2) is 9.97 Å². The molecular formula is C11H17N3O3S. The van der Waals surface area contributed by atoms with Crippen LogP contribution in [-0.4, -0.2) is 48.5 Å². The molecule has 2 N–H and O–H groups in total. The van der Waals surface area contributed by atoms with E-state index in [2.05, 4.69) is 9.97 Å². The highest BCUT2D eigenvalue weighted by Gasteiger charge is 2.00. The molecule has 18 heavy (non-hydrogen) atoms. The lowest BCUT2D eigenvalue weighted by Gasteiger charge is -2.06. The quantitative estimate of drug-likeness (QED) is 0.518. The van der Waals surface area contributed by atoms with Crippen molar-refractivity contribution in [3.8, 4) is 5.88 Å². The number of nitrogens with two attached hydrogens (primary N) is 1. The molecule has 0 fully saturated rings. The van der Waals surface area contributed by atoms with Crippen molar-refractivity contribution in [3.63, 3.8) is 0 Å². The summed E-state index contributed by atoms with van der Waals surface area (Å²) in [6.07, 6.45) is 3.84. The summed E-state index contributed by atoms with van der Waals surface area (Å²) in [4.78, 5) is 8.24. The van der Waals surface area contributed by atoms with Crippen LogP contribution in [0.2, 0.25) is 0 Å². The predicted octanol–water partition coefficient (Wildman–Crippen LogP) is 0.543. The van der Waals surface area contributed by atoms with E-state index in [4.69, 9.17) is 32.2 Å². The van der Waals surface area contributed by atoms with Gasteiger partial charge in [0, 0.05) is 20.3 Å². The molecular weight excluding hydrogens is 254 g/mol. The molecule has 0 aliphatic heterocycles. The van der Waals surface area contributed by atoms with Crippen LogP contribution in [0.15, 0.2) is 12.4 Å². The van der Waals surface area contributed by atoms with Gasteiger partial charge < -0.3 is 19.9 Å². The summed E-state index contributed by atoms with van der Waals surface area (Å²) in [7, 11) is 1.67. The van der Waals surface area contributed by atoms with E-state index in [0.717, 1.165) is 6.42 Å². The van der Waals surface area contributed by atoms with Crippen molar-refractivity contribution in [1.29, 1.82) is 0 Å². The van der Waals surface area contributed by atoms with Crippen molar-refractivity contribution >= 4 is 17.2 Å². The highest BCUT2D eigenvalue weighted by molar-refractivity contribution is 7.80. The van der Waals surface area contributed by atoms with Gasteiger partial charge in [-0.15, -0.1) is 0 Å². The Bertz CT molecular complexity index is 359. The third kappa shape index (κ3) is 5.85. The second-order valence-electron chi connectivity index (χ2n) is 3.41. The maximum atomic E-state index is 5.40. The fourth-order valence-electron chi connectivity index (χ4n) is 1.13. The third-order valence-electron chi connectivity index (χ3n) is 2.00. The van der Waals surface area contributed by atoms with Crippen molar-refractivity contribution in [2.24, 2.45) is 5.73 Å². The van der Waals surface area contributed by atoms with Crippen LogP contribution < -0.4 is 10.5 Å². The normalized spacial score (nSPS) is 10.3. The van der Waals surface area contributed by atoms with E-state index in [1.807, 2.05) is 0 Å². The second-order valence-corrected chi connectivity index (χ2v) is 3.85. The fraction of sp³-hybridized carbons (Fsp3) is 0.545. The largest absolute Gasteiger partial charge is 0.474 e. The Morgan fingerprint density at radius 3 is 2.67 bits per heavy atom. The molecule has 7 heteroatoms. The van der Waals surface area contributed by atoms with Crippen molar-refractivity contribution < 1.29 is 14.2 Å². The molecule has 0 bridgehead atoms. The van der Waals surface area contributed by atoms with Gasteiger partial charge in [-0.3, -0.25) is 0 Å². The Labute approximate surface area is 111 Å². The predicted molar refractivity (Wildman–Crippen MR) is 70.7 cm³/mol. The highest BCUT2D eigenvalue weighted by Crippen LogP contribution is 2.03. The molecule has 1 rings (SSSR count). The van der Waals surface area contributed by atoms with Crippen molar-refractivity contribution in [3.05, 3.63) is 18.1 Å². The molecule has 0 aromatic carbocycles. The van der Waals surface area contributed by atoms with Gasteiger partial charge in [0.05, 0.1) is 19.0 Å². The molecule has 0 spiro atoms. The van der Waals surface area contributed by atoms with E-state index in [9.17, 15) is 0 Å². The van der Waals surface area contributed by atoms with Crippen molar-refractivity contribution in [2.75, 3.05) is 33.5 Å². The minimum absolute atomic E-state index is 0.218. The Morgan fingerprint density at radius 1 is 1.22 bits per heavy atom. The molecule has 0 atom stereocenters. The summed E-state index contributed by atoms with van der Waals surface area (Å²) in [6.45, 7) is 2.28. The number of thiocarbonyl (C=S) groups is 1. The molecule has 1 aromatic heterocycles. The monoisotopic (exact) mass is 271 g/mol. The fourth-order valence-corrected chi connectivity index (χ4v) is 1.24. The first kappa shape index (κ1) is 14.7. The van der Waals surface area contributed by atoms with Gasteiger partial charge in [0.1, 0.15) is 17.3 Å². The lowest BCUT2D eigenvalue weighted by Crippen LogP contribution is -2.13. The lowest BCUT2D eigenvalue weighted by atomic mass is 10.4. The SMILES string of the molecule is COCCCOCCOc1cnc(C(N)=S)cn1. The smallest absolute Gasteiger partial charge is 0.232 e. The lowest BCUT2D eigenvalue weighted by molar-refractivity contribution is 0.0794. The number of methoxy groups -OCH3 is 1. The van der Waals surface area contributed by atoms with Crippen LogP contribution in [0.1, 0.15) is 12.1 Å². The number of rotatable bonds is 9. The molecule has 0 saturated carbocycles. The maximum absolute atomic E-state index is 5.40. The van der Waals surface area contributed by atoms with Crippen LogP contribution in [0, 0.1) is 0 Å². The van der Waals surface area contributed by atoms with Crippen LogP contribution in [0.25, 0.3) is 0 Å². The van der Waals surface area contributed by atoms with Gasteiger partial charge in [-0.2, -0.15) is 0 Å². The Morgan fingerprint density at radius 2 is 2.06 bits per heavy atom. The summed E-state index contributed by atoms with van der Waals surface area (Å²) >= 11 is 4.77. The third-order valence-corrected chi connectivity index (χ3v) is 2.20. The van der Waals surface area contributed by atoms with Crippen LogP contribution in [-0.2, 0) is 9.47 Å². The van der Waals surface area contributed by atoms with Crippen molar-refractivity contribution in [2.45, 2.75) is 6.42 Å². The Hall–Kier alpha value is -1.31. The van der Waals surface area contributed by atoms with E-state index in [1.54, 1.807) is 7.11 Å². The Balaban J connectivity index is 2.14. The minimum Gasteiger partial charge on any atom is -0.474 e. The van der Waals surface area contributed by atoms with Gasteiger partial charge in [0.25, 0.3) is 0 Å². The van der Waals surface area contributed by atoms with Gasteiger partial charge in [-0.05, 0) is 6.42 Å². The zero-order chi connectivity index (χ0) is 13.2.